The van der Waals surface area contributed by atoms with Gasteiger partial charge in [0.05, 0.1) is 5.41 Å². The summed E-state index contributed by atoms with van der Waals surface area (Å²) < 4.78 is 5.69. The van der Waals surface area contributed by atoms with Gasteiger partial charge < -0.3 is 4.74 Å². The average molecular weight is 311 g/mol. The summed E-state index contributed by atoms with van der Waals surface area (Å²) in [7, 11) is 0. The molecule has 0 aliphatic heterocycles. The summed E-state index contributed by atoms with van der Waals surface area (Å²) in [6, 6.07) is 0. The van der Waals surface area contributed by atoms with E-state index in [0.717, 1.165) is 44.9 Å². The zero-order valence-corrected chi connectivity index (χ0v) is 13.2. The normalized spacial score (nSPS) is 48.4. The van der Waals surface area contributed by atoms with Crippen LogP contribution in [0.2, 0.25) is 0 Å². The van der Waals surface area contributed by atoms with Crippen molar-refractivity contribution in [3.05, 3.63) is 0 Å². The fourth-order valence-corrected chi connectivity index (χ4v) is 6.41. The Morgan fingerprint density at radius 3 is 2.48 bits per heavy atom. The van der Waals surface area contributed by atoms with Crippen LogP contribution in [0.25, 0.3) is 0 Å². The molecule has 5 fully saturated rings. The minimum absolute atomic E-state index is 0.111. The van der Waals surface area contributed by atoms with Gasteiger partial charge in [-0.25, -0.2) is 0 Å². The first-order valence-corrected chi connectivity index (χ1v) is 8.79. The van der Waals surface area contributed by atoms with Crippen LogP contribution in [0.4, 0.5) is 0 Å². The first-order chi connectivity index (χ1) is 9.98. The van der Waals surface area contributed by atoms with Crippen LogP contribution in [0.5, 0.6) is 0 Å². The van der Waals surface area contributed by atoms with E-state index in [1.807, 2.05) is 0 Å². The maximum atomic E-state index is 12.8. The van der Waals surface area contributed by atoms with Gasteiger partial charge in [0.2, 0.25) is 0 Å². The van der Waals surface area contributed by atoms with Crippen LogP contribution < -0.4 is 0 Å². The van der Waals surface area contributed by atoms with Gasteiger partial charge in [0.15, 0.2) is 11.9 Å². The van der Waals surface area contributed by atoms with E-state index in [1.54, 1.807) is 0 Å². The molecule has 0 aromatic carbocycles. The molecule has 0 amide bonds. The van der Waals surface area contributed by atoms with Gasteiger partial charge in [-0.15, -0.1) is 11.6 Å². The van der Waals surface area contributed by atoms with E-state index in [0.29, 0.717) is 24.7 Å². The summed E-state index contributed by atoms with van der Waals surface area (Å²) in [4.78, 5) is 24.6. The third kappa shape index (κ3) is 2.32. The summed E-state index contributed by atoms with van der Waals surface area (Å²) in [5, 5.41) is 0. The molecule has 0 radical (unpaired) electrons. The highest BCUT2D eigenvalue weighted by atomic mass is 35.5. The minimum atomic E-state index is -0.481. The Bertz CT molecular complexity index is 472. The fourth-order valence-electron chi connectivity index (χ4n) is 5.72. The molecule has 0 heterocycles. The zero-order chi connectivity index (χ0) is 14.7. The van der Waals surface area contributed by atoms with E-state index < -0.39 is 6.10 Å². The number of hydrogen-bond acceptors (Lipinski definition) is 3. The maximum Gasteiger partial charge on any atom is 0.312 e. The lowest BCUT2D eigenvalue weighted by Crippen LogP contribution is -2.57. The Hall–Kier alpha value is -0.570. The van der Waals surface area contributed by atoms with E-state index in [2.05, 4.69) is 0 Å². The zero-order valence-electron chi connectivity index (χ0n) is 12.4. The number of ether oxygens (including phenoxy) is 1. The van der Waals surface area contributed by atoms with Crippen LogP contribution in [-0.2, 0) is 14.3 Å². The molecular weight excluding hydrogens is 288 g/mol. The average Bonchev–Trinajstić information content (AvgIpc) is 2.38. The number of ketones is 1. The van der Waals surface area contributed by atoms with E-state index in [1.165, 1.54) is 6.42 Å². The Labute approximate surface area is 130 Å². The number of carbonyl (C=O) groups is 2. The summed E-state index contributed by atoms with van der Waals surface area (Å²) >= 11 is 6.76. The first kappa shape index (κ1) is 14.0. The number of alkyl halides is 1. The molecule has 4 bridgehead atoms. The van der Waals surface area contributed by atoms with Crippen molar-refractivity contribution in [1.82, 2.24) is 0 Å². The Kier molecular flexibility index (Phi) is 3.15. The van der Waals surface area contributed by atoms with Crippen molar-refractivity contribution in [3.63, 3.8) is 0 Å². The van der Waals surface area contributed by atoms with Crippen molar-refractivity contribution in [2.24, 2.45) is 17.3 Å². The van der Waals surface area contributed by atoms with Gasteiger partial charge in [-0.05, 0) is 69.6 Å². The van der Waals surface area contributed by atoms with Crippen molar-refractivity contribution < 1.29 is 14.3 Å². The summed E-state index contributed by atoms with van der Waals surface area (Å²) in [6.45, 7) is 0. The second-order valence-corrected chi connectivity index (χ2v) is 8.80. The minimum Gasteiger partial charge on any atom is -0.454 e. The van der Waals surface area contributed by atoms with Crippen molar-refractivity contribution in [3.8, 4) is 0 Å². The van der Waals surface area contributed by atoms with Crippen LogP contribution in [0.15, 0.2) is 0 Å². The van der Waals surface area contributed by atoms with Gasteiger partial charge in [-0.2, -0.15) is 0 Å². The maximum absolute atomic E-state index is 12.8. The predicted molar refractivity (Wildman–Crippen MR) is 79.1 cm³/mol. The molecule has 21 heavy (non-hydrogen) atoms. The highest BCUT2D eigenvalue weighted by molar-refractivity contribution is 6.24. The molecule has 2 unspecified atom stereocenters. The molecule has 116 valence electrons. The fraction of sp³-hybridized carbons (Fsp3) is 0.882. The number of halogens is 1. The summed E-state index contributed by atoms with van der Waals surface area (Å²) in [5.74, 6) is 1.15. The van der Waals surface area contributed by atoms with E-state index in [4.69, 9.17) is 16.3 Å². The molecule has 5 rings (SSSR count). The number of Topliss-reactive ketones (excluding diaryl/α,β-unsaturated/α-hetero) is 1. The molecular formula is C17H23ClO3. The number of rotatable bonds is 2. The highest BCUT2D eigenvalue weighted by Gasteiger charge is 2.61. The topological polar surface area (TPSA) is 43.4 Å². The van der Waals surface area contributed by atoms with E-state index >= 15 is 0 Å². The monoisotopic (exact) mass is 310 g/mol. The molecule has 5 aliphatic carbocycles. The third-order valence-electron chi connectivity index (χ3n) is 6.17. The van der Waals surface area contributed by atoms with Crippen molar-refractivity contribution >= 4 is 23.4 Å². The molecule has 0 spiro atoms. The van der Waals surface area contributed by atoms with E-state index in [9.17, 15) is 9.59 Å². The second-order valence-electron chi connectivity index (χ2n) is 8.00. The Balaban J connectivity index is 1.52. The quantitative estimate of drug-likeness (QED) is 0.578. The molecule has 5 aliphatic rings. The van der Waals surface area contributed by atoms with Gasteiger partial charge >= 0.3 is 5.97 Å². The number of esters is 1. The van der Waals surface area contributed by atoms with Crippen LogP contribution in [0, 0.1) is 17.3 Å². The lowest BCUT2D eigenvalue weighted by atomic mass is 9.49. The molecule has 0 saturated heterocycles. The summed E-state index contributed by atoms with van der Waals surface area (Å²) in [5.41, 5.74) is -0.385. The Morgan fingerprint density at radius 1 is 1.14 bits per heavy atom. The summed E-state index contributed by atoms with van der Waals surface area (Å²) in [6.07, 6.45) is 8.68. The van der Waals surface area contributed by atoms with Crippen LogP contribution in [0.1, 0.15) is 64.2 Å². The smallest absolute Gasteiger partial charge is 0.312 e. The predicted octanol–water partition coefficient (Wildman–Crippen LogP) is 3.62. The standard InChI is InChI=1S/C17H23ClO3/c18-17-8-11-5-12(9-17)7-16(6-11,10-17)15(20)21-14-4-2-1-3-13(14)19/h11-12,14H,1-10H2/t11-,12+,14-,16?,17?/m1/s1. The largest absolute Gasteiger partial charge is 0.454 e. The van der Waals surface area contributed by atoms with Crippen molar-refractivity contribution in [2.45, 2.75) is 75.2 Å². The van der Waals surface area contributed by atoms with Gasteiger partial charge in [0.25, 0.3) is 0 Å². The number of carbonyl (C=O) groups excluding carboxylic acids is 2. The second kappa shape index (κ2) is 4.71. The van der Waals surface area contributed by atoms with Crippen LogP contribution in [-0.4, -0.2) is 22.7 Å². The van der Waals surface area contributed by atoms with Gasteiger partial charge in [-0.1, -0.05) is 0 Å². The molecule has 0 aromatic heterocycles. The highest BCUT2D eigenvalue weighted by Crippen LogP contribution is 2.64. The van der Waals surface area contributed by atoms with Gasteiger partial charge in [0, 0.05) is 11.3 Å². The first-order valence-electron chi connectivity index (χ1n) is 8.41. The molecule has 4 heteroatoms. The van der Waals surface area contributed by atoms with Crippen LogP contribution >= 0.6 is 11.6 Å². The third-order valence-corrected chi connectivity index (χ3v) is 6.61. The van der Waals surface area contributed by atoms with Crippen LogP contribution in [0.3, 0.4) is 0 Å². The molecule has 5 saturated carbocycles. The number of hydrogen-bond donors (Lipinski definition) is 0. The molecule has 3 nitrogen and oxygen atoms in total. The lowest BCUT2D eigenvalue weighted by Gasteiger charge is -2.58. The van der Waals surface area contributed by atoms with Gasteiger partial charge in [-0.3, -0.25) is 9.59 Å². The van der Waals surface area contributed by atoms with Crippen molar-refractivity contribution in [1.29, 1.82) is 0 Å². The molecule has 0 N–H and O–H groups in total. The van der Waals surface area contributed by atoms with Gasteiger partial charge in [0.1, 0.15) is 0 Å². The molecule has 5 atom stereocenters. The molecule has 0 aromatic rings. The van der Waals surface area contributed by atoms with E-state index in [-0.39, 0.29) is 22.0 Å². The van der Waals surface area contributed by atoms with Crippen molar-refractivity contribution in [2.75, 3.05) is 0 Å². The SMILES string of the molecule is O=C1CCCC[C@H]1OC(=O)C12C[C@@H]3C[C@@H](CC(Cl)(C3)C1)C2. The lowest BCUT2D eigenvalue weighted by molar-refractivity contribution is -0.178. The Morgan fingerprint density at radius 2 is 1.86 bits per heavy atom.